The van der Waals surface area contributed by atoms with Crippen molar-refractivity contribution in [2.75, 3.05) is 13.2 Å². The number of hydrogen-bond acceptors (Lipinski definition) is 6. The normalized spacial score (nSPS) is 11.9. The van der Waals surface area contributed by atoms with E-state index in [9.17, 15) is 14.4 Å². The van der Waals surface area contributed by atoms with Crippen LogP contribution >= 0.6 is 0 Å². The summed E-state index contributed by atoms with van der Waals surface area (Å²) < 4.78 is 16.5. The van der Waals surface area contributed by atoms with Gasteiger partial charge in [0.1, 0.15) is 13.2 Å². The molecule has 0 aromatic carbocycles. The lowest BCUT2D eigenvalue weighted by atomic mass is 10.0. The zero-order valence-corrected chi connectivity index (χ0v) is 31.0. The number of carbonyl (C=O) groups is 3. The number of carbonyl (C=O) groups excluding carboxylic acids is 3. The van der Waals surface area contributed by atoms with Gasteiger partial charge >= 0.3 is 17.9 Å². The van der Waals surface area contributed by atoms with Crippen molar-refractivity contribution in [3.63, 3.8) is 0 Å². The van der Waals surface area contributed by atoms with Gasteiger partial charge in [-0.1, -0.05) is 175 Å². The molecule has 0 aliphatic carbocycles. The van der Waals surface area contributed by atoms with Crippen molar-refractivity contribution < 1.29 is 28.6 Å². The van der Waals surface area contributed by atoms with Gasteiger partial charge in [-0.2, -0.15) is 0 Å². The Balaban J connectivity index is 4.13. The molecule has 6 nitrogen and oxygen atoms in total. The summed E-state index contributed by atoms with van der Waals surface area (Å²) in [5.41, 5.74) is 0. The number of hydrogen-bond donors (Lipinski definition) is 0. The molecule has 6 heteroatoms. The van der Waals surface area contributed by atoms with Crippen LogP contribution in [0.25, 0.3) is 0 Å². The molecule has 0 unspecified atom stereocenters. The first kappa shape index (κ1) is 44.4. The van der Waals surface area contributed by atoms with Crippen molar-refractivity contribution in [3.05, 3.63) is 0 Å². The van der Waals surface area contributed by atoms with Crippen LogP contribution < -0.4 is 0 Å². The smallest absolute Gasteiger partial charge is 0.306 e. The van der Waals surface area contributed by atoms with Crippen LogP contribution in [0.4, 0.5) is 0 Å². The molecule has 0 aliphatic heterocycles. The lowest BCUT2D eigenvalue weighted by molar-refractivity contribution is -0.167. The summed E-state index contributed by atoms with van der Waals surface area (Å²) in [4.78, 5) is 37.1. The van der Waals surface area contributed by atoms with E-state index in [1.54, 1.807) is 0 Å². The van der Waals surface area contributed by atoms with E-state index in [1.165, 1.54) is 103 Å². The number of rotatable bonds is 35. The third-order valence-corrected chi connectivity index (χ3v) is 8.79. The first-order chi connectivity index (χ1) is 22.4. The SMILES string of the molecule is CCCCCCCCCC(=O)O[C@@H](COC(=O)CCCCCCC)COC(=O)CCCCCCCCCCCCCCCC(C)C. The highest BCUT2D eigenvalue weighted by atomic mass is 16.6. The fraction of sp³-hybridized carbons (Fsp3) is 0.925. The number of esters is 3. The van der Waals surface area contributed by atoms with Crippen LogP contribution in [-0.4, -0.2) is 37.2 Å². The van der Waals surface area contributed by atoms with Crippen LogP contribution in [0.2, 0.25) is 0 Å². The van der Waals surface area contributed by atoms with Crippen molar-refractivity contribution in [3.8, 4) is 0 Å². The highest BCUT2D eigenvalue weighted by Gasteiger charge is 2.19. The van der Waals surface area contributed by atoms with Crippen molar-refractivity contribution in [2.24, 2.45) is 5.92 Å². The zero-order chi connectivity index (χ0) is 33.9. The van der Waals surface area contributed by atoms with Crippen molar-refractivity contribution >= 4 is 17.9 Å². The average molecular weight is 653 g/mol. The summed E-state index contributed by atoms with van der Waals surface area (Å²) in [5, 5.41) is 0. The lowest BCUT2D eigenvalue weighted by Gasteiger charge is -2.18. The van der Waals surface area contributed by atoms with Crippen LogP contribution in [-0.2, 0) is 28.6 Å². The van der Waals surface area contributed by atoms with Gasteiger partial charge in [0.25, 0.3) is 0 Å². The molecule has 0 heterocycles. The molecule has 0 aromatic rings. The maximum atomic E-state index is 12.5. The molecule has 0 saturated heterocycles. The molecule has 0 rings (SSSR count). The van der Waals surface area contributed by atoms with Gasteiger partial charge in [0.15, 0.2) is 6.10 Å². The standard InChI is InChI=1S/C40H76O6/c1-5-7-9-11-19-25-29-33-40(43)46-37(34-44-38(41)31-27-22-10-8-6-2)35-45-39(42)32-28-24-21-18-16-14-12-13-15-17-20-23-26-30-36(3)4/h36-37H,5-35H2,1-4H3/t37-/m0/s1. The van der Waals surface area contributed by atoms with E-state index >= 15 is 0 Å². The zero-order valence-electron chi connectivity index (χ0n) is 31.0. The molecule has 0 N–H and O–H groups in total. The second kappa shape index (κ2) is 34.7. The molecule has 1 atom stereocenters. The molecule has 272 valence electrons. The van der Waals surface area contributed by atoms with E-state index in [0.717, 1.165) is 70.1 Å². The molecular weight excluding hydrogens is 576 g/mol. The van der Waals surface area contributed by atoms with Gasteiger partial charge in [0.2, 0.25) is 0 Å². The van der Waals surface area contributed by atoms with Crippen LogP contribution in [0, 0.1) is 5.92 Å². The van der Waals surface area contributed by atoms with E-state index in [2.05, 4.69) is 27.7 Å². The highest BCUT2D eigenvalue weighted by molar-refractivity contribution is 5.71. The molecule has 0 aromatic heterocycles. The van der Waals surface area contributed by atoms with Crippen LogP contribution in [0.1, 0.15) is 214 Å². The molecule has 0 saturated carbocycles. The Kier molecular flexibility index (Phi) is 33.5. The highest BCUT2D eigenvalue weighted by Crippen LogP contribution is 2.15. The topological polar surface area (TPSA) is 78.9 Å². The van der Waals surface area contributed by atoms with Gasteiger partial charge in [-0.25, -0.2) is 0 Å². The fourth-order valence-corrected chi connectivity index (χ4v) is 5.74. The van der Waals surface area contributed by atoms with Gasteiger partial charge in [0.05, 0.1) is 0 Å². The van der Waals surface area contributed by atoms with Crippen LogP contribution in [0.5, 0.6) is 0 Å². The van der Waals surface area contributed by atoms with Crippen molar-refractivity contribution in [2.45, 2.75) is 220 Å². The molecule has 46 heavy (non-hydrogen) atoms. The third-order valence-electron chi connectivity index (χ3n) is 8.79. The first-order valence-corrected chi connectivity index (χ1v) is 19.9. The summed E-state index contributed by atoms with van der Waals surface area (Å²) in [7, 11) is 0. The summed E-state index contributed by atoms with van der Waals surface area (Å²) in [6.45, 7) is 8.86. The summed E-state index contributed by atoms with van der Waals surface area (Å²) in [6.07, 6.45) is 31.3. The predicted molar refractivity (Wildman–Crippen MR) is 192 cm³/mol. The van der Waals surface area contributed by atoms with E-state index in [1.807, 2.05) is 0 Å². The maximum Gasteiger partial charge on any atom is 0.306 e. The minimum atomic E-state index is -0.755. The molecule has 0 fully saturated rings. The van der Waals surface area contributed by atoms with Gasteiger partial charge < -0.3 is 14.2 Å². The van der Waals surface area contributed by atoms with Gasteiger partial charge in [-0.15, -0.1) is 0 Å². The van der Waals surface area contributed by atoms with Gasteiger partial charge in [-0.05, 0) is 25.2 Å². The third kappa shape index (κ3) is 33.8. The molecular formula is C40H76O6. The molecule has 0 amide bonds. The van der Waals surface area contributed by atoms with Gasteiger partial charge in [0, 0.05) is 19.3 Å². The van der Waals surface area contributed by atoms with E-state index < -0.39 is 6.10 Å². The average Bonchev–Trinajstić information content (AvgIpc) is 3.03. The minimum absolute atomic E-state index is 0.0662. The first-order valence-electron chi connectivity index (χ1n) is 19.9. The van der Waals surface area contributed by atoms with Crippen molar-refractivity contribution in [1.29, 1.82) is 0 Å². The summed E-state index contributed by atoms with van der Waals surface area (Å²) >= 11 is 0. The fourth-order valence-electron chi connectivity index (χ4n) is 5.74. The number of unbranched alkanes of at least 4 members (excludes halogenated alkanes) is 22. The monoisotopic (exact) mass is 653 g/mol. The van der Waals surface area contributed by atoms with E-state index in [0.29, 0.717) is 19.3 Å². The largest absolute Gasteiger partial charge is 0.462 e. The Labute approximate surface area is 285 Å². The lowest BCUT2D eigenvalue weighted by Crippen LogP contribution is -2.30. The molecule has 0 radical (unpaired) electrons. The van der Waals surface area contributed by atoms with Crippen LogP contribution in [0.15, 0.2) is 0 Å². The van der Waals surface area contributed by atoms with E-state index in [-0.39, 0.29) is 31.1 Å². The Hall–Kier alpha value is -1.59. The van der Waals surface area contributed by atoms with Crippen LogP contribution in [0.3, 0.4) is 0 Å². The summed E-state index contributed by atoms with van der Waals surface area (Å²) in [6, 6.07) is 0. The van der Waals surface area contributed by atoms with Gasteiger partial charge in [-0.3, -0.25) is 14.4 Å². The summed E-state index contributed by atoms with van der Waals surface area (Å²) in [5.74, 6) is -0.0435. The predicted octanol–water partition coefficient (Wildman–Crippen LogP) is 12.0. The Morgan fingerprint density at radius 3 is 1.07 bits per heavy atom. The minimum Gasteiger partial charge on any atom is -0.462 e. The quantitative estimate of drug-likeness (QED) is 0.0385. The molecule has 0 spiro atoms. The van der Waals surface area contributed by atoms with Crippen molar-refractivity contribution in [1.82, 2.24) is 0 Å². The second-order valence-electron chi connectivity index (χ2n) is 14.0. The maximum absolute atomic E-state index is 12.5. The Bertz CT molecular complexity index is 691. The van der Waals surface area contributed by atoms with E-state index in [4.69, 9.17) is 14.2 Å². The Morgan fingerprint density at radius 2 is 0.717 bits per heavy atom. The second-order valence-corrected chi connectivity index (χ2v) is 14.0. The molecule has 0 bridgehead atoms. The molecule has 0 aliphatic rings. The Morgan fingerprint density at radius 1 is 0.413 bits per heavy atom. The number of ether oxygens (including phenoxy) is 3.